The number of halogens is 1. The van der Waals surface area contributed by atoms with E-state index in [1.54, 1.807) is 0 Å². The van der Waals surface area contributed by atoms with E-state index in [4.69, 9.17) is 0 Å². The van der Waals surface area contributed by atoms with E-state index in [1.807, 2.05) is 13.0 Å². The van der Waals surface area contributed by atoms with Gasteiger partial charge in [-0.2, -0.15) is 0 Å². The zero-order valence-electron chi connectivity index (χ0n) is 8.35. The summed E-state index contributed by atoms with van der Waals surface area (Å²) in [6, 6.07) is 1.89. The Balaban J connectivity index is 3.32. The van der Waals surface area contributed by atoms with Crippen LogP contribution in [0.5, 0.6) is 5.88 Å². The van der Waals surface area contributed by atoms with Gasteiger partial charge in [0.05, 0.1) is 5.69 Å². The summed E-state index contributed by atoms with van der Waals surface area (Å²) in [5.41, 5.74) is 1.62. The van der Waals surface area contributed by atoms with Crippen LogP contribution in [0.4, 0.5) is 0 Å². The lowest BCUT2D eigenvalue weighted by Crippen LogP contribution is -2.14. The number of hydrogen-bond acceptors (Lipinski definition) is 2. The number of nitrogens with zero attached hydrogens (tertiary/aromatic N) is 1. The monoisotopic (exact) mass is 243 g/mol. The molecule has 0 radical (unpaired) electrons. The van der Waals surface area contributed by atoms with Crippen LogP contribution in [0.15, 0.2) is 10.5 Å². The summed E-state index contributed by atoms with van der Waals surface area (Å²) < 4.78 is 0.954. The van der Waals surface area contributed by atoms with Crippen LogP contribution in [0.2, 0.25) is 0 Å². The Hall–Kier alpha value is -0.570. The Kier molecular flexibility index (Phi) is 2.66. The van der Waals surface area contributed by atoms with Gasteiger partial charge < -0.3 is 5.11 Å². The van der Waals surface area contributed by atoms with Crippen LogP contribution < -0.4 is 0 Å². The van der Waals surface area contributed by atoms with Gasteiger partial charge in [-0.05, 0) is 28.9 Å². The third kappa shape index (κ3) is 2.21. The van der Waals surface area contributed by atoms with Crippen LogP contribution in [0.25, 0.3) is 0 Å². The molecule has 0 spiro atoms. The highest BCUT2D eigenvalue weighted by Crippen LogP contribution is 2.31. The zero-order chi connectivity index (χ0) is 10.2. The fraction of sp³-hybridized carbons (Fsp3) is 0.500. The Morgan fingerprint density at radius 3 is 2.38 bits per heavy atom. The SMILES string of the molecule is Cc1cc(Br)c(C(C)(C)C)nc1O. The van der Waals surface area contributed by atoms with Crippen molar-refractivity contribution in [2.24, 2.45) is 0 Å². The predicted octanol–water partition coefficient (Wildman–Crippen LogP) is 3.16. The maximum Gasteiger partial charge on any atom is 0.214 e. The van der Waals surface area contributed by atoms with Crippen LogP contribution in [-0.4, -0.2) is 10.1 Å². The molecule has 1 heterocycles. The molecule has 1 rings (SSSR count). The second-order valence-electron chi connectivity index (χ2n) is 4.21. The molecule has 72 valence electrons. The van der Waals surface area contributed by atoms with Crippen LogP contribution in [0.3, 0.4) is 0 Å². The molecule has 1 N–H and O–H groups in total. The lowest BCUT2D eigenvalue weighted by Gasteiger charge is -2.19. The summed E-state index contributed by atoms with van der Waals surface area (Å²) in [7, 11) is 0. The molecule has 0 aliphatic carbocycles. The molecule has 2 nitrogen and oxygen atoms in total. The van der Waals surface area contributed by atoms with Crippen molar-refractivity contribution in [3.8, 4) is 5.88 Å². The highest BCUT2D eigenvalue weighted by atomic mass is 79.9. The first kappa shape index (κ1) is 10.5. The second-order valence-corrected chi connectivity index (χ2v) is 5.06. The summed E-state index contributed by atoms with van der Waals surface area (Å²) in [5.74, 6) is 0.119. The molecular weight excluding hydrogens is 230 g/mol. The van der Waals surface area contributed by atoms with Crippen molar-refractivity contribution in [2.75, 3.05) is 0 Å². The van der Waals surface area contributed by atoms with Crippen molar-refractivity contribution in [2.45, 2.75) is 33.1 Å². The average Bonchev–Trinajstić information content (AvgIpc) is 1.94. The van der Waals surface area contributed by atoms with Gasteiger partial charge >= 0.3 is 0 Å². The van der Waals surface area contributed by atoms with Gasteiger partial charge in [0.1, 0.15) is 0 Å². The number of rotatable bonds is 0. The third-order valence-electron chi connectivity index (χ3n) is 1.85. The molecule has 1 aromatic heterocycles. The van der Waals surface area contributed by atoms with Crippen molar-refractivity contribution >= 4 is 15.9 Å². The van der Waals surface area contributed by atoms with Gasteiger partial charge in [0.25, 0.3) is 0 Å². The van der Waals surface area contributed by atoms with Crippen molar-refractivity contribution in [3.63, 3.8) is 0 Å². The van der Waals surface area contributed by atoms with E-state index in [0.717, 1.165) is 15.7 Å². The number of hydrogen-bond donors (Lipinski definition) is 1. The van der Waals surface area contributed by atoms with Crippen LogP contribution in [0, 0.1) is 6.92 Å². The number of aromatic nitrogens is 1. The average molecular weight is 244 g/mol. The minimum Gasteiger partial charge on any atom is -0.493 e. The molecule has 0 atom stereocenters. The molecule has 0 unspecified atom stereocenters. The quantitative estimate of drug-likeness (QED) is 0.760. The van der Waals surface area contributed by atoms with E-state index in [0.29, 0.717) is 0 Å². The van der Waals surface area contributed by atoms with Crippen LogP contribution in [-0.2, 0) is 5.41 Å². The Morgan fingerprint density at radius 1 is 1.38 bits per heavy atom. The van der Waals surface area contributed by atoms with E-state index < -0.39 is 0 Å². The fourth-order valence-corrected chi connectivity index (χ4v) is 2.12. The standard InChI is InChI=1S/C10H14BrNO/c1-6-5-7(11)8(10(2,3)4)12-9(6)13/h5H,1-4H3,(H,12,13). The summed E-state index contributed by atoms with van der Waals surface area (Å²) in [5, 5.41) is 9.46. The predicted molar refractivity (Wildman–Crippen MR) is 57.0 cm³/mol. The molecule has 0 aromatic carbocycles. The fourth-order valence-electron chi connectivity index (χ4n) is 1.10. The highest BCUT2D eigenvalue weighted by Gasteiger charge is 2.20. The first-order valence-corrected chi connectivity index (χ1v) is 4.98. The molecule has 0 saturated carbocycles. The van der Waals surface area contributed by atoms with Gasteiger partial charge in [-0.15, -0.1) is 0 Å². The molecule has 0 bridgehead atoms. The van der Waals surface area contributed by atoms with E-state index in [1.165, 1.54) is 0 Å². The van der Waals surface area contributed by atoms with Crippen molar-refractivity contribution in [3.05, 3.63) is 21.8 Å². The Labute approximate surface area is 87.1 Å². The van der Waals surface area contributed by atoms with Gasteiger partial charge in [0.15, 0.2) is 0 Å². The van der Waals surface area contributed by atoms with Crippen LogP contribution in [0.1, 0.15) is 32.0 Å². The number of aryl methyl sites for hydroxylation is 1. The highest BCUT2D eigenvalue weighted by molar-refractivity contribution is 9.10. The molecule has 13 heavy (non-hydrogen) atoms. The molecule has 3 heteroatoms. The lowest BCUT2D eigenvalue weighted by molar-refractivity contribution is 0.437. The first-order chi connectivity index (χ1) is 5.82. The zero-order valence-corrected chi connectivity index (χ0v) is 9.94. The third-order valence-corrected chi connectivity index (χ3v) is 2.45. The van der Waals surface area contributed by atoms with Gasteiger partial charge in [-0.3, -0.25) is 0 Å². The second kappa shape index (κ2) is 3.29. The van der Waals surface area contributed by atoms with E-state index in [2.05, 4.69) is 41.7 Å². The topological polar surface area (TPSA) is 33.1 Å². The smallest absolute Gasteiger partial charge is 0.214 e. The van der Waals surface area contributed by atoms with Crippen molar-refractivity contribution in [1.82, 2.24) is 4.98 Å². The normalized spacial score (nSPS) is 11.8. The molecule has 0 aliphatic rings. The van der Waals surface area contributed by atoms with E-state index in [9.17, 15) is 5.11 Å². The molecule has 0 aliphatic heterocycles. The largest absolute Gasteiger partial charge is 0.493 e. The maximum absolute atomic E-state index is 9.46. The summed E-state index contributed by atoms with van der Waals surface area (Å²) >= 11 is 3.44. The Morgan fingerprint density at radius 2 is 1.92 bits per heavy atom. The lowest BCUT2D eigenvalue weighted by atomic mass is 9.91. The van der Waals surface area contributed by atoms with Crippen LogP contribution >= 0.6 is 15.9 Å². The minimum atomic E-state index is -0.0516. The van der Waals surface area contributed by atoms with Gasteiger partial charge in [-0.25, -0.2) is 4.98 Å². The number of pyridine rings is 1. The summed E-state index contributed by atoms with van der Waals surface area (Å²) in [6.45, 7) is 8.03. The van der Waals surface area contributed by atoms with Gasteiger partial charge in [-0.1, -0.05) is 20.8 Å². The van der Waals surface area contributed by atoms with Gasteiger partial charge in [0, 0.05) is 15.5 Å². The molecule has 0 saturated heterocycles. The maximum atomic E-state index is 9.46. The molecule has 1 aromatic rings. The first-order valence-electron chi connectivity index (χ1n) is 4.19. The Bertz CT molecular complexity index is 328. The molecule has 0 amide bonds. The van der Waals surface area contributed by atoms with Gasteiger partial charge in [0.2, 0.25) is 5.88 Å². The molecular formula is C10H14BrNO. The summed E-state index contributed by atoms with van der Waals surface area (Å²) in [4.78, 5) is 4.15. The molecule has 0 fully saturated rings. The number of aromatic hydroxyl groups is 1. The van der Waals surface area contributed by atoms with E-state index >= 15 is 0 Å². The van der Waals surface area contributed by atoms with Crippen molar-refractivity contribution in [1.29, 1.82) is 0 Å². The van der Waals surface area contributed by atoms with Crippen molar-refractivity contribution < 1.29 is 5.11 Å². The van der Waals surface area contributed by atoms with E-state index in [-0.39, 0.29) is 11.3 Å². The minimum absolute atomic E-state index is 0.0516. The summed E-state index contributed by atoms with van der Waals surface area (Å²) in [6.07, 6.45) is 0.